The minimum Gasteiger partial charge on any atom is -0.465 e. The number of carbonyl (C=O) groups is 2. The van der Waals surface area contributed by atoms with Gasteiger partial charge in [-0.3, -0.25) is 9.59 Å². The highest BCUT2D eigenvalue weighted by Gasteiger charge is 2.50. The van der Waals surface area contributed by atoms with E-state index < -0.39 is 5.41 Å². The fourth-order valence-electron chi connectivity index (χ4n) is 3.69. The first-order valence-corrected chi connectivity index (χ1v) is 8.39. The molecule has 122 valence electrons. The highest BCUT2D eigenvalue weighted by molar-refractivity contribution is 5.88. The smallest absolute Gasteiger partial charge is 0.318 e. The Balaban J connectivity index is 1.93. The average Bonchev–Trinajstić information content (AvgIpc) is 2.58. The van der Waals surface area contributed by atoms with Gasteiger partial charge in [-0.2, -0.15) is 0 Å². The average molecular weight is 313 g/mol. The maximum Gasteiger partial charge on any atom is 0.318 e. The van der Waals surface area contributed by atoms with Crippen molar-refractivity contribution in [2.45, 2.75) is 45.6 Å². The van der Waals surface area contributed by atoms with E-state index >= 15 is 0 Å². The van der Waals surface area contributed by atoms with Crippen LogP contribution in [0.15, 0.2) is 42.1 Å². The van der Waals surface area contributed by atoms with E-state index in [1.54, 1.807) is 4.90 Å². The van der Waals surface area contributed by atoms with Crippen molar-refractivity contribution in [1.29, 1.82) is 0 Å². The lowest BCUT2D eigenvalue weighted by atomic mass is 9.69. The molecule has 4 nitrogen and oxygen atoms in total. The van der Waals surface area contributed by atoms with Crippen LogP contribution in [0.25, 0.3) is 0 Å². The van der Waals surface area contributed by atoms with Gasteiger partial charge in [0.1, 0.15) is 5.41 Å². The zero-order valence-corrected chi connectivity index (χ0v) is 13.6. The summed E-state index contributed by atoms with van der Waals surface area (Å²) >= 11 is 0. The van der Waals surface area contributed by atoms with Gasteiger partial charge >= 0.3 is 5.97 Å². The van der Waals surface area contributed by atoms with Gasteiger partial charge in [-0.15, -0.1) is 0 Å². The van der Waals surface area contributed by atoms with E-state index in [-0.39, 0.29) is 11.9 Å². The minimum absolute atomic E-state index is 0.0990. The summed E-state index contributed by atoms with van der Waals surface area (Å²) in [4.78, 5) is 27.0. The van der Waals surface area contributed by atoms with Crippen LogP contribution in [0.5, 0.6) is 0 Å². The van der Waals surface area contributed by atoms with Crippen molar-refractivity contribution < 1.29 is 14.3 Å². The number of amides is 1. The van der Waals surface area contributed by atoms with Crippen LogP contribution in [0, 0.1) is 5.41 Å². The van der Waals surface area contributed by atoms with Crippen LogP contribution in [-0.4, -0.2) is 23.4 Å². The Labute approximate surface area is 137 Å². The van der Waals surface area contributed by atoms with Crippen molar-refractivity contribution in [2.75, 3.05) is 6.61 Å². The highest BCUT2D eigenvalue weighted by Crippen LogP contribution is 2.48. The molecule has 1 heterocycles. The number of piperidine rings is 1. The number of hydrogen-bond donors (Lipinski definition) is 0. The van der Waals surface area contributed by atoms with E-state index in [1.165, 1.54) is 0 Å². The molecule has 0 unspecified atom stereocenters. The summed E-state index contributed by atoms with van der Waals surface area (Å²) in [6.07, 6.45) is 5.70. The first-order valence-electron chi connectivity index (χ1n) is 8.39. The molecule has 0 aromatic heterocycles. The summed E-state index contributed by atoms with van der Waals surface area (Å²) in [5, 5.41) is 0. The lowest BCUT2D eigenvalue weighted by Crippen LogP contribution is -2.49. The van der Waals surface area contributed by atoms with Crippen molar-refractivity contribution in [3.63, 3.8) is 0 Å². The molecular formula is C19H23NO3. The molecule has 0 radical (unpaired) electrons. The molecule has 1 aliphatic carbocycles. The highest BCUT2D eigenvalue weighted by atomic mass is 16.5. The van der Waals surface area contributed by atoms with Crippen LogP contribution >= 0.6 is 0 Å². The van der Waals surface area contributed by atoms with Gasteiger partial charge in [-0.05, 0) is 38.2 Å². The number of esters is 1. The van der Waals surface area contributed by atoms with Crippen molar-refractivity contribution in [2.24, 2.45) is 5.41 Å². The van der Waals surface area contributed by atoms with Gasteiger partial charge in [-0.1, -0.05) is 36.4 Å². The Morgan fingerprint density at radius 1 is 1.26 bits per heavy atom. The summed E-state index contributed by atoms with van der Waals surface area (Å²) < 4.78 is 5.36. The summed E-state index contributed by atoms with van der Waals surface area (Å²) in [5.41, 5.74) is 1.31. The van der Waals surface area contributed by atoms with Crippen LogP contribution in [0.4, 0.5) is 0 Å². The Morgan fingerprint density at radius 3 is 2.78 bits per heavy atom. The molecule has 1 fully saturated rings. The van der Waals surface area contributed by atoms with E-state index in [0.717, 1.165) is 30.5 Å². The van der Waals surface area contributed by atoms with E-state index in [4.69, 9.17) is 4.74 Å². The van der Waals surface area contributed by atoms with Crippen molar-refractivity contribution in [3.05, 3.63) is 47.7 Å². The van der Waals surface area contributed by atoms with E-state index in [0.29, 0.717) is 26.0 Å². The number of allylic oxidation sites excluding steroid dienone is 1. The third-order valence-electron chi connectivity index (χ3n) is 4.84. The first kappa shape index (κ1) is 15.8. The van der Waals surface area contributed by atoms with Crippen LogP contribution in [-0.2, 0) is 20.9 Å². The third-order valence-corrected chi connectivity index (χ3v) is 4.84. The molecule has 1 amide bonds. The van der Waals surface area contributed by atoms with Crippen LogP contribution in [0.2, 0.25) is 0 Å². The zero-order chi connectivity index (χ0) is 16.3. The fraction of sp³-hybridized carbons (Fsp3) is 0.474. The second kappa shape index (κ2) is 6.57. The summed E-state index contributed by atoms with van der Waals surface area (Å²) in [5.74, 6) is -0.0709. The second-order valence-electron chi connectivity index (χ2n) is 6.25. The van der Waals surface area contributed by atoms with Gasteiger partial charge < -0.3 is 9.64 Å². The van der Waals surface area contributed by atoms with E-state index in [9.17, 15) is 9.59 Å². The topological polar surface area (TPSA) is 46.6 Å². The number of rotatable bonds is 4. The molecule has 0 N–H and O–H groups in total. The maximum atomic E-state index is 12.7. The number of carbonyl (C=O) groups excluding carboxylic acids is 2. The Morgan fingerprint density at radius 2 is 2.04 bits per heavy atom. The SMILES string of the molecule is CCOC(=O)[C@@]12CCCC=C1N(Cc1ccccc1)C(=O)CC2. The van der Waals surface area contributed by atoms with Gasteiger partial charge in [0.05, 0.1) is 13.2 Å². The number of nitrogens with zero attached hydrogens (tertiary/aromatic N) is 1. The molecule has 1 aromatic carbocycles. The Hall–Kier alpha value is -2.10. The lowest BCUT2D eigenvalue weighted by Gasteiger charge is -2.45. The van der Waals surface area contributed by atoms with Gasteiger partial charge in [0.15, 0.2) is 0 Å². The predicted molar refractivity (Wildman–Crippen MR) is 87.2 cm³/mol. The van der Waals surface area contributed by atoms with E-state index in [2.05, 4.69) is 6.08 Å². The van der Waals surface area contributed by atoms with Crippen molar-refractivity contribution >= 4 is 11.9 Å². The lowest BCUT2D eigenvalue weighted by molar-refractivity contribution is -0.159. The predicted octanol–water partition coefficient (Wildman–Crippen LogP) is 3.43. The molecule has 1 aromatic rings. The fourth-order valence-corrected chi connectivity index (χ4v) is 3.69. The normalized spacial score (nSPS) is 24.0. The molecule has 2 aliphatic rings. The molecule has 1 saturated heterocycles. The van der Waals surface area contributed by atoms with Crippen LogP contribution < -0.4 is 0 Å². The number of ether oxygens (including phenoxy) is 1. The van der Waals surface area contributed by atoms with Gasteiger partial charge in [0, 0.05) is 12.1 Å². The van der Waals surface area contributed by atoms with Crippen LogP contribution in [0.1, 0.15) is 44.6 Å². The van der Waals surface area contributed by atoms with Gasteiger partial charge in [0.2, 0.25) is 5.91 Å². The summed E-state index contributed by atoms with van der Waals surface area (Å²) in [6.45, 7) is 2.73. The zero-order valence-electron chi connectivity index (χ0n) is 13.6. The molecule has 0 saturated carbocycles. The van der Waals surface area contributed by atoms with Crippen LogP contribution in [0.3, 0.4) is 0 Å². The second-order valence-corrected chi connectivity index (χ2v) is 6.25. The summed E-state index contributed by atoms with van der Waals surface area (Å²) in [6, 6.07) is 9.92. The molecule has 0 bridgehead atoms. The molecule has 1 aliphatic heterocycles. The molecule has 1 atom stereocenters. The third kappa shape index (κ3) is 2.90. The molecule has 0 spiro atoms. The largest absolute Gasteiger partial charge is 0.465 e. The minimum atomic E-state index is -0.628. The van der Waals surface area contributed by atoms with E-state index in [1.807, 2.05) is 37.3 Å². The van der Waals surface area contributed by atoms with Gasteiger partial charge in [0.25, 0.3) is 0 Å². The number of likely N-dealkylation sites (tertiary alicyclic amines) is 1. The molecule has 4 heteroatoms. The first-order chi connectivity index (χ1) is 11.2. The quantitative estimate of drug-likeness (QED) is 0.800. The van der Waals surface area contributed by atoms with Crippen molar-refractivity contribution in [3.8, 4) is 0 Å². The number of hydrogen-bond acceptors (Lipinski definition) is 3. The number of fused-ring (bicyclic) bond motifs is 1. The Kier molecular flexibility index (Phi) is 4.51. The monoisotopic (exact) mass is 313 g/mol. The van der Waals surface area contributed by atoms with Crippen molar-refractivity contribution in [1.82, 2.24) is 4.90 Å². The molecule has 23 heavy (non-hydrogen) atoms. The van der Waals surface area contributed by atoms with Gasteiger partial charge in [-0.25, -0.2) is 0 Å². The summed E-state index contributed by atoms with van der Waals surface area (Å²) in [7, 11) is 0. The number of benzene rings is 1. The Bertz CT molecular complexity index is 623. The molecular weight excluding hydrogens is 290 g/mol. The molecule has 3 rings (SSSR count). The standard InChI is InChI=1S/C19H23NO3/c1-2-23-18(22)19-12-7-6-10-16(19)20(17(21)11-13-19)14-15-8-4-3-5-9-15/h3-5,8-10H,2,6-7,11-14H2,1H3/t19-/m1/s1. The maximum absolute atomic E-state index is 12.7.